The summed E-state index contributed by atoms with van der Waals surface area (Å²) in [6, 6.07) is 0. The van der Waals surface area contributed by atoms with Crippen molar-refractivity contribution in [2.24, 2.45) is 11.7 Å². The molecule has 0 unspecified atom stereocenters. The van der Waals surface area contributed by atoms with E-state index in [1.165, 1.54) is 32.2 Å². The number of amidine groups is 1. The van der Waals surface area contributed by atoms with Crippen molar-refractivity contribution in [2.45, 2.75) is 38.5 Å². The van der Waals surface area contributed by atoms with Crippen LogP contribution in [0.15, 0.2) is 0 Å². The first kappa shape index (κ1) is 11.5. The lowest BCUT2D eigenvalue weighted by atomic mass is 9.85. The van der Waals surface area contributed by atoms with E-state index in [1.54, 1.807) is 0 Å². The lowest BCUT2D eigenvalue weighted by Gasteiger charge is -2.30. The van der Waals surface area contributed by atoms with Gasteiger partial charge in [0.1, 0.15) is 0 Å². The van der Waals surface area contributed by atoms with Crippen LogP contribution in [-0.2, 0) is 0 Å². The van der Waals surface area contributed by atoms with Gasteiger partial charge in [0, 0.05) is 13.0 Å². The molecule has 3 nitrogen and oxygen atoms in total. The van der Waals surface area contributed by atoms with E-state index in [4.69, 9.17) is 11.1 Å². The van der Waals surface area contributed by atoms with E-state index in [0.717, 1.165) is 25.3 Å². The highest BCUT2D eigenvalue weighted by Crippen LogP contribution is 2.26. The zero-order valence-electron chi connectivity index (χ0n) is 9.26. The van der Waals surface area contributed by atoms with Gasteiger partial charge in [0.15, 0.2) is 0 Å². The number of unbranched alkanes of at least 4 members (excludes halogenated alkanes) is 1. The second kappa shape index (κ2) is 6.02. The molecule has 0 amide bonds. The van der Waals surface area contributed by atoms with Crippen LogP contribution in [0.2, 0.25) is 0 Å². The molecule has 0 spiro atoms. The first-order valence-electron chi connectivity index (χ1n) is 5.70. The number of nitrogens with one attached hydrogen (secondary N) is 1. The zero-order valence-corrected chi connectivity index (χ0v) is 9.26. The summed E-state index contributed by atoms with van der Waals surface area (Å²) in [5.74, 6) is 1.29. The van der Waals surface area contributed by atoms with Crippen LogP contribution in [0.5, 0.6) is 0 Å². The molecule has 0 atom stereocenters. The number of hydrogen-bond acceptors (Lipinski definition) is 2. The van der Waals surface area contributed by atoms with Gasteiger partial charge in [0.2, 0.25) is 0 Å². The van der Waals surface area contributed by atoms with E-state index in [9.17, 15) is 0 Å². The molecule has 0 aromatic rings. The van der Waals surface area contributed by atoms with Crippen molar-refractivity contribution in [1.29, 1.82) is 5.41 Å². The summed E-state index contributed by atoms with van der Waals surface area (Å²) in [5.41, 5.74) is 5.29. The fourth-order valence-electron chi connectivity index (χ4n) is 1.90. The van der Waals surface area contributed by atoms with Crippen LogP contribution in [0.1, 0.15) is 38.5 Å². The third-order valence-electron chi connectivity index (χ3n) is 3.03. The molecule has 0 bridgehead atoms. The summed E-state index contributed by atoms with van der Waals surface area (Å²) in [5, 5.41) is 7.10. The number of rotatable bonds is 7. The molecule has 1 saturated carbocycles. The van der Waals surface area contributed by atoms with Crippen molar-refractivity contribution in [2.75, 3.05) is 20.1 Å². The topological polar surface area (TPSA) is 53.1 Å². The molecule has 3 heteroatoms. The minimum absolute atomic E-state index is 0.326. The van der Waals surface area contributed by atoms with Crippen LogP contribution in [0.4, 0.5) is 0 Å². The highest BCUT2D eigenvalue weighted by atomic mass is 15.1. The van der Waals surface area contributed by atoms with E-state index in [2.05, 4.69) is 11.9 Å². The van der Waals surface area contributed by atoms with Crippen LogP contribution < -0.4 is 5.73 Å². The molecule has 0 radical (unpaired) electrons. The lowest BCUT2D eigenvalue weighted by Crippen LogP contribution is -2.30. The summed E-state index contributed by atoms with van der Waals surface area (Å²) >= 11 is 0. The Labute approximate surface area is 87.2 Å². The van der Waals surface area contributed by atoms with Gasteiger partial charge in [-0.25, -0.2) is 0 Å². The van der Waals surface area contributed by atoms with Gasteiger partial charge in [0.25, 0.3) is 0 Å². The van der Waals surface area contributed by atoms with Gasteiger partial charge in [-0.15, -0.1) is 0 Å². The van der Waals surface area contributed by atoms with Crippen molar-refractivity contribution >= 4 is 5.84 Å². The average Bonchev–Trinajstić information content (AvgIpc) is 2.05. The maximum atomic E-state index is 7.10. The summed E-state index contributed by atoms with van der Waals surface area (Å²) in [7, 11) is 2.20. The summed E-state index contributed by atoms with van der Waals surface area (Å²) in [6.07, 6.45) is 7.28. The fraction of sp³-hybridized carbons (Fsp3) is 0.909. The Kier molecular flexibility index (Phi) is 4.94. The average molecular weight is 197 g/mol. The third kappa shape index (κ3) is 4.61. The van der Waals surface area contributed by atoms with E-state index >= 15 is 0 Å². The van der Waals surface area contributed by atoms with Gasteiger partial charge in [-0.3, -0.25) is 5.41 Å². The smallest absolute Gasteiger partial charge is 0.0905 e. The SMILES string of the molecule is CN(CCCCC(=N)N)CC1CCC1. The third-order valence-corrected chi connectivity index (χ3v) is 3.03. The first-order chi connectivity index (χ1) is 6.68. The molecule has 1 aliphatic rings. The molecular formula is C11H23N3. The van der Waals surface area contributed by atoms with Gasteiger partial charge < -0.3 is 10.6 Å². The standard InChI is InChI=1S/C11H23N3/c1-14(9-10-5-4-6-10)8-3-2-7-11(12)13/h10H,2-9H2,1H3,(H3,12,13). The van der Waals surface area contributed by atoms with E-state index < -0.39 is 0 Å². The zero-order chi connectivity index (χ0) is 10.4. The highest BCUT2D eigenvalue weighted by Gasteiger charge is 2.18. The Balaban J connectivity index is 1.91. The fourth-order valence-corrected chi connectivity index (χ4v) is 1.90. The van der Waals surface area contributed by atoms with Crippen LogP contribution in [-0.4, -0.2) is 30.9 Å². The van der Waals surface area contributed by atoms with Crippen LogP contribution in [0.3, 0.4) is 0 Å². The van der Waals surface area contributed by atoms with Gasteiger partial charge >= 0.3 is 0 Å². The molecule has 1 fully saturated rings. The summed E-state index contributed by atoms with van der Waals surface area (Å²) < 4.78 is 0. The van der Waals surface area contributed by atoms with Crippen LogP contribution in [0, 0.1) is 11.3 Å². The molecule has 1 aliphatic carbocycles. The monoisotopic (exact) mass is 197 g/mol. The Morgan fingerprint density at radius 3 is 2.64 bits per heavy atom. The maximum absolute atomic E-state index is 7.10. The molecule has 82 valence electrons. The largest absolute Gasteiger partial charge is 0.388 e. The van der Waals surface area contributed by atoms with E-state index in [1.807, 2.05) is 0 Å². The van der Waals surface area contributed by atoms with Crippen LogP contribution in [0.25, 0.3) is 0 Å². The minimum Gasteiger partial charge on any atom is -0.388 e. The summed E-state index contributed by atoms with van der Waals surface area (Å²) in [4.78, 5) is 2.42. The Morgan fingerprint density at radius 2 is 2.14 bits per heavy atom. The predicted octanol–water partition coefficient (Wildman–Crippen LogP) is 1.82. The van der Waals surface area contributed by atoms with Crippen molar-refractivity contribution in [3.05, 3.63) is 0 Å². The van der Waals surface area contributed by atoms with Gasteiger partial charge in [-0.05, 0) is 45.2 Å². The number of nitrogens with two attached hydrogens (primary N) is 1. The summed E-state index contributed by atoms with van der Waals surface area (Å²) in [6.45, 7) is 2.42. The number of nitrogens with zero attached hydrogens (tertiary/aromatic N) is 1. The molecule has 14 heavy (non-hydrogen) atoms. The molecule has 3 N–H and O–H groups in total. The minimum atomic E-state index is 0.326. The molecular weight excluding hydrogens is 174 g/mol. The quantitative estimate of drug-likeness (QED) is 0.371. The van der Waals surface area contributed by atoms with Crippen LogP contribution >= 0.6 is 0 Å². The first-order valence-corrected chi connectivity index (χ1v) is 5.70. The van der Waals surface area contributed by atoms with Gasteiger partial charge in [-0.1, -0.05) is 6.42 Å². The van der Waals surface area contributed by atoms with Crippen molar-refractivity contribution in [1.82, 2.24) is 4.90 Å². The maximum Gasteiger partial charge on any atom is 0.0905 e. The highest BCUT2D eigenvalue weighted by molar-refractivity contribution is 5.76. The second-order valence-corrected chi connectivity index (χ2v) is 4.54. The van der Waals surface area contributed by atoms with Gasteiger partial charge in [-0.2, -0.15) is 0 Å². The second-order valence-electron chi connectivity index (χ2n) is 4.54. The van der Waals surface area contributed by atoms with Gasteiger partial charge in [0.05, 0.1) is 5.84 Å². The molecule has 0 heterocycles. The lowest BCUT2D eigenvalue weighted by molar-refractivity contribution is 0.203. The van der Waals surface area contributed by atoms with Crippen molar-refractivity contribution < 1.29 is 0 Å². The predicted molar refractivity (Wildman–Crippen MR) is 60.6 cm³/mol. The van der Waals surface area contributed by atoms with E-state index in [0.29, 0.717) is 5.84 Å². The van der Waals surface area contributed by atoms with E-state index in [-0.39, 0.29) is 0 Å². The molecule has 0 aromatic heterocycles. The molecule has 0 aliphatic heterocycles. The number of hydrogen-bond donors (Lipinski definition) is 2. The van der Waals surface area contributed by atoms with Crippen molar-refractivity contribution in [3.8, 4) is 0 Å². The molecule has 0 aromatic carbocycles. The molecule has 0 saturated heterocycles. The van der Waals surface area contributed by atoms with Crippen molar-refractivity contribution in [3.63, 3.8) is 0 Å². The molecule has 1 rings (SSSR count). The Bertz CT molecular complexity index is 175. The normalized spacial score (nSPS) is 17.0. The Hall–Kier alpha value is -0.570. The Morgan fingerprint density at radius 1 is 1.43 bits per heavy atom.